The first-order valence-electron chi connectivity index (χ1n) is 8.88. The second-order valence-electron chi connectivity index (χ2n) is 6.34. The van der Waals surface area contributed by atoms with Crippen LogP contribution in [0.2, 0.25) is 0 Å². The molecule has 0 N–H and O–H groups in total. The summed E-state index contributed by atoms with van der Waals surface area (Å²) in [4.78, 5) is 23.0. The Kier molecular flexibility index (Phi) is 4.97. The molecule has 1 aliphatic rings. The Morgan fingerprint density at radius 1 is 1.30 bits per heavy atom. The van der Waals surface area contributed by atoms with Gasteiger partial charge in [-0.15, -0.1) is 0 Å². The Hall–Kier alpha value is -3.00. The van der Waals surface area contributed by atoms with Crippen molar-refractivity contribution in [1.29, 1.82) is 0 Å². The minimum absolute atomic E-state index is 0.0152. The van der Waals surface area contributed by atoms with Crippen LogP contribution in [0.15, 0.2) is 45.5 Å². The van der Waals surface area contributed by atoms with Crippen LogP contribution in [0.3, 0.4) is 0 Å². The van der Waals surface area contributed by atoms with Crippen molar-refractivity contribution in [2.45, 2.75) is 25.8 Å². The molecule has 27 heavy (non-hydrogen) atoms. The smallest absolute Gasteiger partial charge is 0.251 e. The molecular formula is C19H20N4O4. The lowest BCUT2D eigenvalue weighted by Crippen LogP contribution is -2.43. The van der Waals surface area contributed by atoms with Gasteiger partial charge in [0.05, 0.1) is 19.4 Å². The molecule has 1 aromatic carbocycles. The molecular weight excluding hydrogens is 348 g/mol. The van der Waals surface area contributed by atoms with E-state index in [1.54, 1.807) is 18.0 Å². The number of amides is 1. The van der Waals surface area contributed by atoms with Gasteiger partial charge in [0.2, 0.25) is 5.91 Å². The molecule has 1 saturated heterocycles. The second kappa shape index (κ2) is 7.71. The quantitative estimate of drug-likeness (QED) is 0.683. The van der Waals surface area contributed by atoms with E-state index >= 15 is 0 Å². The van der Waals surface area contributed by atoms with Crippen LogP contribution in [0.4, 0.5) is 0 Å². The first kappa shape index (κ1) is 17.4. The van der Waals surface area contributed by atoms with Crippen molar-refractivity contribution in [3.05, 3.63) is 54.1 Å². The molecule has 8 heteroatoms. The van der Waals surface area contributed by atoms with Crippen molar-refractivity contribution >= 4 is 5.91 Å². The van der Waals surface area contributed by atoms with Gasteiger partial charge in [0.1, 0.15) is 6.04 Å². The molecule has 3 heterocycles. The molecule has 0 bridgehead atoms. The predicted octanol–water partition coefficient (Wildman–Crippen LogP) is 2.57. The van der Waals surface area contributed by atoms with E-state index in [-0.39, 0.29) is 11.9 Å². The molecule has 0 spiro atoms. The molecule has 1 aliphatic heterocycles. The largest absolute Gasteiger partial charge is 0.441 e. The third-order valence-corrected chi connectivity index (χ3v) is 4.44. The van der Waals surface area contributed by atoms with Gasteiger partial charge in [-0.3, -0.25) is 4.79 Å². The van der Waals surface area contributed by atoms with E-state index in [0.29, 0.717) is 56.0 Å². The van der Waals surface area contributed by atoms with Crippen LogP contribution in [-0.2, 0) is 16.0 Å². The van der Waals surface area contributed by atoms with Crippen molar-refractivity contribution in [2.24, 2.45) is 0 Å². The number of carbonyl (C=O) groups excluding carboxylic acids is 1. The van der Waals surface area contributed by atoms with E-state index in [4.69, 9.17) is 13.7 Å². The normalized spacial score (nSPS) is 17.2. The molecule has 2 aromatic heterocycles. The second-order valence-corrected chi connectivity index (χ2v) is 6.34. The number of hydrogen-bond acceptors (Lipinski definition) is 7. The lowest BCUT2D eigenvalue weighted by Gasteiger charge is -2.33. The molecule has 4 rings (SSSR count). The maximum atomic E-state index is 12.7. The van der Waals surface area contributed by atoms with Crippen LogP contribution >= 0.6 is 0 Å². The number of benzene rings is 1. The maximum Gasteiger partial charge on any atom is 0.251 e. The fourth-order valence-electron chi connectivity index (χ4n) is 3.07. The summed E-state index contributed by atoms with van der Waals surface area (Å²) < 4.78 is 16.5. The molecule has 0 saturated carbocycles. The van der Waals surface area contributed by atoms with Crippen LogP contribution in [0.1, 0.15) is 30.1 Å². The third-order valence-electron chi connectivity index (χ3n) is 4.44. The Labute approximate surface area is 156 Å². The highest BCUT2D eigenvalue weighted by atomic mass is 16.5. The summed E-state index contributed by atoms with van der Waals surface area (Å²) in [6, 6.07) is 9.40. The number of carbonyl (C=O) groups is 1. The zero-order chi connectivity index (χ0) is 18.6. The number of rotatable bonds is 5. The number of morpholine rings is 1. The van der Waals surface area contributed by atoms with Crippen molar-refractivity contribution in [3.8, 4) is 11.3 Å². The van der Waals surface area contributed by atoms with Gasteiger partial charge in [0, 0.05) is 24.9 Å². The van der Waals surface area contributed by atoms with E-state index in [1.165, 1.54) is 0 Å². The lowest BCUT2D eigenvalue weighted by atomic mass is 10.2. The van der Waals surface area contributed by atoms with Crippen molar-refractivity contribution in [2.75, 3.05) is 19.8 Å². The minimum atomic E-state index is -0.350. The average Bonchev–Trinajstić information content (AvgIpc) is 3.36. The van der Waals surface area contributed by atoms with Crippen molar-refractivity contribution < 1.29 is 18.5 Å². The lowest BCUT2D eigenvalue weighted by molar-refractivity contribution is -0.141. The zero-order valence-corrected chi connectivity index (χ0v) is 15.0. The summed E-state index contributed by atoms with van der Waals surface area (Å²) in [5.74, 6) is 2.17. The summed E-state index contributed by atoms with van der Waals surface area (Å²) in [5, 5.41) is 3.81. The Balaban J connectivity index is 1.40. The standard InChI is InChI=1S/C19H20N4O4/c1-13-21-19(27-22-13)15-12-25-10-9-23(15)18(24)8-7-17-20-11-16(26-17)14-5-3-2-4-6-14/h2-6,11,15H,7-10,12H2,1H3. The van der Waals surface area contributed by atoms with Gasteiger partial charge >= 0.3 is 0 Å². The van der Waals surface area contributed by atoms with E-state index in [1.807, 2.05) is 30.3 Å². The number of hydrogen-bond donors (Lipinski definition) is 0. The van der Waals surface area contributed by atoms with E-state index in [0.717, 1.165) is 5.56 Å². The molecule has 0 radical (unpaired) electrons. The topological polar surface area (TPSA) is 94.5 Å². The van der Waals surface area contributed by atoms with Crippen molar-refractivity contribution in [3.63, 3.8) is 0 Å². The highest BCUT2D eigenvalue weighted by Crippen LogP contribution is 2.25. The van der Waals surface area contributed by atoms with Crippen LogP contribution in [-0.4, -0.2) is 45.7 Å². The van der Waals surface area contributed by atoms with E-state index in [2.05, 4.69) is 15.1 Å². The molecule has 1 fully saturated rings. The number of oxazole rings is 1. The van der Waals surface area contributed by atoms with Crippen LogP contribution in [0.5, 0.6) is 0 Å². The van der Waals surface area contributed by atoms with Gasteiger partial charge in [0.15, 0.2) is 17.5 Å². The van der Waals surface area contributed by atoms with Crippen LogP contribution in [0, 0.1) is 6.92 Å². The number of ether oxygens (including phenoxy) is 1. The summed E-state index contributed by atoms with van der Waals surface area (Å²) in [6.07, 6.45) is 2.41. The van der Waals surface area contributed by atoms with E-state index < -0.39 is 0 Å². The fourth-order valence-corrected chi connectivity index (χ4v) is 3.07. The first-order valence-corrected chi connectivity index (χ1v) is 8.88. The SMILES string of the molecule is Cc1noc(C2COCCN2C(=O)CCc2ncc(-c3ccccc3)o2)n1. The summed E-state index contributed by atoms with van der Waals surface area (Å²) >= 11 is 0. The third kappa shape index (κ3) is 3.90. The molecule has 0 aliphatic carbocycles. The zero-order valence-electron chi connectivity index (χ0n) is 15.0. The monoisotopic (exact) mass is 368 g/mol. The summed E-state index contributed by atoms with van der Waals surface area (Å²) in [5.41, 5.74) is 0.961. The maximum absolute atomic E-state index is 12.7. The van der Waals surface area contributed by atoms with Gasteiger partial charge in [-0.2, -0.15) is 4.98 Å². The highest BCUT2D eigenvalue weighted by Gasteiger charge is 2.32. The molecule has 1 atom stereocenters. The van der Waals surface area contributed by atoms with Gasteiger partial charge in [-0.05, 0) is 6.92 Å². The predicted molar refractivity (Wildman–Crippen MR) is 94.6 cm³/mol. The number of aromatic nitrogens is 3. The van der Waals surface area contributed by atoms with Gasteiger partial charge in [0.25, 0.3) is 5.89 Å². The van der Waals surface area contributed by atoms with Crippen molar-refractivity contribution in [1.82, 2.24) is 20.0 Å². The Morgan fingerprint density at radius 2 is 2.15 bits per heavy atom. The number of nitrogens with zero attached hydrogens (tertiary/aromatic N) is 4. The van der Waals surface area contributed by atoms with Gasteiger partial charge in [-0.25, -0.2) is 4.98 Å². The Bertz CT molecular complexity index is 905. The molecule has 140 valence electrons. The van der Waals surface area contributed by atoms with Gasteiger partial charge < -0.3 is 18.6 Å². The van der Waals surface area contributed by atoms with Gasteiger partial charge in [-0.1, -0.05) is 35.5 Å². The van der Waals surface area contributed by atoms with Crippen LogP contribution in [0.25, 0.3) is 11.3 Å². The molecule has 8 nitrogen and oxygen atoms in total. The van der Waals surface area contributed by atoms with E-state index in [9.17, 15) is 4.79 Å². The molecule has 1 amide bonds. The minimum Gasteiger partial charge on any atom is -0.441 e. The Morgan fingerprint density at radius 3 is 2.93 bits per heavy atom. The fraction of sp³-hybridized carbons (Fsp3) is 0.368. The summed E-state index contributed by atoms with van der Waals surface area (Å²) in [6.45, 7) is 3.08. The molecule has 1 unspecified atom stereocenters. The average molecular weight is 368 g/mol. The molecule has 3 aromatic rings. The first-order chi connectivity index (χ1) is 13.2. The highest BCUT2D eigenvalue weighted by molar-refractivity contribution is 5.77. The number of aryl methyl sites for hydroxylation is 2. The van der Waals surface area contributed by atoms with Crippen LogP contribution < -0.4 is 0 Å². The summed E-state index contributed by atoms with van der Waals surface area (Å²) in [7, 11) is 0.